The van der Waals surface area contributed by atoms with Gasteiger partial charge in [-0.3, -0.25) is 10.2 Å². The number of hydrazone groups is 1. The molecule has 0 saturated carbocycles. The molecule has 0 fully saturated rings. The summed E-state index contributed by atoms with van der Waals surface area (Å²) < 4.78 is 0.816. The van der Waals surface area contributed by atoms with Crippen LogP contribution in [0.25, 0.3) is 10.2 Å². The highest BCUT2D eigenvalue weighted by Crippen LogP contribution is 2.29. The standard InChI is InChI=1S/C11H11N3O3S/c1-5-3-7-10(13-11(17)18-7)9(6(5)2)14-12-4-8(15)16/h3-4,14H,1-2H3,(H,13,17)(H,15,16). The number of carboxylic acids is 1. The van der Waals surface area contributed by atoms with Gasteiger partial charge >= 0.3 is 10.8 Å². The van der Waals surface area contributed by atoms with E-state index >= 15 is 0 Å². The molecule has 0 aliphatic carbocycles. The Bertz CT molecular complexity index is 699. The molecule has 0 unspecified atom stereocenters. The number of H-pyrrole nitrogens is 1. The first-order valence-electron chi connectivity index (χ1n) is 5.14. The van der Waals surface area contributed by atoms with Gasteiger partial charge in [0, 0.05) is 0 Å². The lowest BCUT2D eigenvalue weighted by atomic mass is 10.1. The third kappa shape index (κ3) is 2.25. The van der Waals surface area contributed by atoms with Crippen molar-refractivity contribution in [2.24, 2.45) is 5.10 Å². The van der Waals surface area contributed by atoms with Gasteiger partial charge in [-0.2, -0.15) is 5.10 Å². The van der Waals surface area contributed by atoms with Crippen LogP contribution in [0.2, 0.25) is 0 Å². The summed E-state index contributed by atoms with van der Waals surface area (Å²) in [5.41, 5.74) is 5.86. The number of hydrogen-bond donors (Lipinski definition) is 3. The molecule has 2 aromatic rings. The zero-order valence-electron chi connectivity index (χ0n) is 9.77. The number of carboxylic acid groups (broad SMARTS) is 1. The smallest absolute Gasteiger partial charge is 0.348 e. The first-order chi connectivity index (χ1) is 8.49. The van der Waals surface area contributed by atoms with Crippen molar-refractivity contribution in [2.45, 2.75) is 13.8 Å². The molecule has 18 heavy (non-hydrogen) atoms. The first-order valence-corrected chi connectivity index (χ1v) is 5.95. The molecule has 0 aliphatic heterocycles. The summed E-state index contributed by atoms with van der Waals surface area (Å²) in [6.07, 6.45) is 0.762. The van der Waals surface area contributed by atoms with E-state index in [0.717, 1.165) is 33.4 Å². The molecule has 0 atom stereocenters. The van der Waals surface area contributed by atoms with Crippen molar-refractivity contribution in [1.29, 1.82) is 0 Å². The zero-order valence-corrected chi connectivity index (χ0v) is 10.6. The average molecular weight is 265 g/mol. The molecule has 0 radical (unpaired) electrons. The van der Waals surface area contributed by atoms with Crippen LogP contribution in [0.15, 0.2) is 16.0 Å². The molecule has 3 N–H and O–H groups in total. The predicted molar refractivity (Wildman–Crippen MR) is 71.7 cm³/mol. The van der Waals surface area contributed by atoms with Crippen molar-refractivity contribution < 1.29 is 9.90 Å². The number of anilines is 1. The number of fused-ring (bicyclic) bond motifs is 1. The normalized spacial score (nSPS) is 11.2. The van der Waals surface area contributed by atoms with Crippen LogP contribution in [0.3, 0.4) is 0 Å². The van der Waals surface area contributed by atoms with Crippen molar-refractivity contribution in [2.75, 3.05) is 5.43 Å². The largest absolute Gasteiger partial charge is 0.477 e. The molecule has 1 aromatic heterocycles. The molecule has 94 valence electrons. The van der Waals surface area contributed by atoms with E-state index in [4.69, 9.17) is 5.11 Å². The summed E-state index contributed by atoms with van der Waals surface area (Å²) in [6.45, 7) is 3.80. The Labute approximate surface area is 106 Å². The van der Waals surface area contributed by atoms with Crippen molar-refractivity contribution in [1.82, 2.24) is 4.98 Å². The summed E-state index contributed by atoms with van der Waals surface area (Å²) >= 11 is 1.11. The van der Waals surface area contributed by atoms with Crippen LogP contribution in [0.5, 0.6) is 0 Å². The molecular weight excluding hydrogens is 254 g/mol. The fourth-order valence-electron chi connectivity index (χ4n) is 1.61. The Morgan fingerprint density at radius 3 is 2.94 bits per heavy atom. The maximum absolute atomic E-state index is 11.3. The monoisotopic (exact) mass is 265 g/mol. The van der Waals surface area contributed by atoms with E-state index in [1.165, 1.54) is 0 Å². The molecule has 0 spiro atoms. The lowest BCUT2D eigenvalue weighted by Gasteiger charge is -2.08. The maximum Gasteiger partial charge on any atom is 0.348 e. The van der Waals surface area contributed by atoms with Gasteiger partial charge in [0.2, 0.25) is 0 Å². The van der Waals surface area contributed by atoms with Crippen molar-refractivity contribution >= 4 is 39.4 Å². The van der Waals surface area contributed by atoms with Crippen LogP contribution < -0.4 is 10.3 Å². The fraction of sp³-hybridized carbons (Fsp3) is 0.182. The predicted octanol–water partition coefficient (Wildman–Crippen LogP) is 1.69. The Kier molecular flexibility index (Phi) is 3.15. The van der Waals surface area contributed by atoms with Crippen LogP contribution >= 0.6 is 11.3 Å². The van der Waals surface area contributed by atoms with Crippen LogP contribution in [0.4, 0.5) is 5.69 Å². The minimum absolute atomic E-state index is 0.153. The van der Waals surface area contributed by atoms with Gasteiger partial charge in [-0.05, 0) is 31.0 Å². The second kappa shape index (κ2) is 4.61. The van der Waals surface area contributed by atoms with Crippen LogP contribution in [-0.2, 0) is 4.79 Å². The highest BCUT2D eigenvalue weighted by atomic mass is 32.1. The lowest BCUT2D eigenvalue weighted by molar-refractivity contribution is -0.128. The van der Waals surface area contributed by atoms with Crippen molar-refractivity contribution in [3.63, 3.8) is 0 Å². The molecule has 2 rings (SSSR count). The number of nitrogens with one attached hydrogen (secondary N) is 2. The molecule has 6 nitrogen and oxygen atoms in total. The molecule has 1 aromatic carbocycles. The number of nitrogens with zero attached hydrogens (tertiary/aromatic N) is 1. The minimum atomic E-state index is -1.14. The quantitative estimate of drug-likeness (QED) is 0.581. The summed E-state index contributed by atoms with van der Waals surface area (Å²) in [7, 11) is 0. The molecule has 0 amide bonds. The minimum Gasteiger partial charge on any atom is -0.477 e. The van der Waals surface area contributed by atoms with E-state index in [1.807, 2.05) is 19.9 Å². The van der Waals surface area contributed by atoms with Gasteiger partial charge in [0.05, 0.1) is 15.9 Å². The van der Waals surface area contributed by atoms with E-state index < -0.39 is 5.97 Å². The van der Waals surface area contributed by atoms with E-state index in [0.29, 0.717) is 11.2 Å². The lowest BCUT2D eigenvalue weighted by Crippen LogP contribution is -2.01. The van der Waals surface area contributed by atoms with Gasteiger partial charge in [0.25, 0.3) is 0 Å². The Balaban J connectivity index is 2.56. The number of aryl methyl sites for hydroxylation is 1. The summed E-state index contributed by atoms with van der Waals surface area (Å²) in [6, 6.07) is 1.92. The molecule has 7 heteroatoms. The molecular formula is C11H11N3O3S. The van der Waals surface area contributed by atoms with Crippen LogP contribution in [0.1, 0.15) is 11.1 Å². The van der Waals surface area contributed by atoms with Crippen molar-refractivity contribution in [3.8, 4) is 0 Å². The summed E-state index contributed by atoms with van der Waals surface area (Å²) in [5.74, 6) is -1.14. The van der Waals surface area contributed by atoms with E-state index in [1.54, 1.807) is 0 Å². The Morgan fingerprint density at radius 2 is 2.28 bits per heavy atom. The average Bonchev–Trinajstić information content (AvgIpc) is 2.63. The third-order valence-electron chi connectivity index (χ3n) is 2.59. The van der Waals surface area contributed by atoms with Crippen LogP contribution in [0, 0.1) is 13.8 Å². The van der Waals surface area contributed by atoms with Gasteiger partial charge in [-0.1, -0.05) is 11.3 Å². The number of carbonyl (C=O) groups is 1. The molecule has 0 aliphatic rings. The van der Waals surface area contributed by atoms with E-state index in [9.17, 15) is 9.59 Å². The van der Waals surface area contributed by atoms with Gasteiger partial charge < -0.3 is 10.1 Å². The first kappa shape index (κ1) is 12.3. The van der Waals surface area contributed by atoms with Gasteiger partial charge in [0.1, 0.15) is 6.21 Å². The maximum atomic E-state index is 11.3. The second-order valence-corrected chi connectivity index (χ2v) is 4.80. The van der Waals surface area contributed by atoms with E-state index in [-0.39, 0.29) is 4.87 Å². The number of benzene rings is 1. The number of thiazole rings is 1. The number of rotatable bonds is 3. The number of aromatic amines is 1. The van der Waals surface area contributed by atoms with Crippen LogP contribution in [-0.4, -0.2) is 22.3 Å². The highest BCUT2D eigenvalue weighted by molar-refractivity contribution is 7.16. The SMILES string of the molecule is Cc1cc2sc(=O)[nH]c2c(NN=CC(=O)O)c1C. The Morgan fingerprint density at radius 1 is 1.56 bits per heavy atom. The number of hydrogen-bond acceptors (Lipinski definition) is 5. The summed E-state index contributed by atoms with van der Waals surface area (Å²) in [5, 5.41) is 12.1. The van der Waals surface area contributed by atoms with Gasteiger partial charge in [-0.15, -0.1) is 0 Å². The second-order valence-electron chi connectivity index (χ2n) is 3.79. The third-order valence-corrected chi connectivity index (χ3v) is 3.42. The number of aliphatic carboxylic acids is 1. The summed E-state index contributed by atoms with van der Waals surface area (Å²) in [4.78, 5) is 24.3. The molecule has 0 bridgehead atoms. The highest BCUT2D eigenvalue weighted by Gasteiger charge is 2.10. The topological polar surface area (TPSA) is 94.5 Å². The Hall–Kier alpha value is -2.15. The molecule has 0 saturated heterocycles. The fourth-order valence-corrected chi connectivity index (χ4v) is 2.45. The van der Waals surface area contributed by atoms with Gasteiger partial charge in [0.15, 0.2) is 0 Å². The zero-order chi connectivity index (χ0) is 13.3. The van der Waals surface area contributed by atoms with Gasteiger partial charge in [-0.25, -0.2) is 4.79 Å². The number of aromatic nitrogens is 1. The van der Waals surface area contributed by atoms with Crippen molar-refractivity contribution in [3.05, 3.63) is 26.9 Å². The van der Waals surface area contributed by atoms with E-state index in [2.05, 4.69) is 15.5 Å². The molecule has 1 heterocycles.